The molecule has 0 saturated carbocycles. The Morgan fingerprint density at radius 2 is 1.83 bits per heavy atom. The Labute approximate surface area is 143 Å². The molecule has 0 unspecified atom stereocenters. The molecule has 0 radical (unpaired) electrons. The lowest BCUT2D eigenvalue weighted by molar-refractivity contribution is 0.0145. The molecule has 2 fully saturated rings. The molecule has 3 rings (SSSR count). The Bertz CT molecular complexity index is 536. The maximum absolute atomic E-state index is 12.6. The van der Waals surface area contributed by atoms with Crippen molar-refractivity contribution in [3.8, 4) is 0 Å². The van der Waals surface area contributed by atoms with Gasteiger partial charge in [-0.3, -0.25) is 4.79 Å². The van der Waals surface area contributed by atoms with E-state index in [4.69, 9.17) is 16.3 Å². The molecule has 0 spiro atoms. The van der Waals surface area contributed by atoms with Crippen LogP contribution in [0.4, 0.5) is 0 Å². The highest BCUT2D eigenvalue weighted by atomic mass is 35.5. The zero-order chi connectivity index (χ0) is 16.2. The lowest BCUT2D eigenvalue weighted by Gasteiger charge is -2.41. The molecule has 0 atom stereocenters. The second kappa shape index (κ2) is 7.65. The molecule has 126 valence electrons. The van der Waals surface area contributed by atoms with Crippen molar-refractivity contribution in [2.75, 3.05) is 33.3 Å². The van der Waals surface area contributed by atoms with Gasteiger partial charge in [-0.15, -0.1) is 0 Å². The summed E-state index contributed by atoms with van der Waals surface area (Å²) >= 11 is 5.99. The average molecular weight is 337 g/mol. The van der Waals surface area contributed by atoms with Crippen molar-refractivity contribution in [2.45, 2.75) is 37.8 Å². The van der Waals surface area contributed by atoms with E-state index in [1.807, 2.05) is 17.0 Å². The molecule has 0 bridgehead atoms. The van der Waals surface area contributed by atoms with E-state index in [0.29, 0.717) is 22.7 Å². The van der Waals surface area contributed by atoms with E-state index in [-0.39, 0.29) is 5.91 Å². The van der Waals surface area contributed by atoms with Crippen molar-refractivity contribution in [3.63, 3.8) is 0 Å². The number of ether oxygens (including phenoxy) is 1. The number of carbonyl (C=O) groups excluding carboxylic acids is 1. The number of carbonyl (C=O) groups is 1. The summed E-state index contributed by atoms with van der Waals surface area (Å²) in [6.07, 6.45) is 4.79. The van der Waals surface area contributed by atoms with Gasteiger partial charge in [-0.2, -0.15) is 0 Å². The topological polar surface area (TPSA) is 32.8 Å². The number of amides is 1. The maximum Gasteiger partial charge on any atom is 0.253 e. The number of likely N-dealkylation sites (tertiary alicyclic amines) is 2. The predicted octanol–water partition coefficient (Wildman–Crippen LogP) is 3.06. The minimum atomic E-state index is 0.101. The molecule has 1 amide bonds. The van der Waals surface area contributed by atoms with Crippen molar-refractivity contribution in [1.29, 1.82) is 0 Å². The van der Waals surface area contributed by atoms with Crippen LogP contribution in [0.3, 0.4) is 0 Å². The van der Waals surface area contributed by atoms with Gasteiger partial charge in [0, 0.05) is 49.9 Å². The van der Waals surface area contributed by atoms with E-state index in [9.17, 15) is 4.79 Å². The van der Waals surface area contributed by atoms with Gasteiger partial charge < -0.3 is 14.5 Å². The normalized spacial score (nSPS) is 21.6. The van der Waals surface area contributed by atoms with E-state index < -0.39 is 0 Å². The van der Waals surface area contributed by atoms with Gasteiger partial charge in [0.2, 0.25) is 0 Å². The predicted molar refractivity (Wildman–Crippen MR) is 92.0 cm³/mol. The molecule has 0 N–H and O–H groups in total. The number of benzene rings is 1. The van der Waals surface area contributed by atoms with Crippen LogP contribution in [0.1, 0.15) is 36.0 Å². The number of hydrogen-bond donors (Lipinski definition) is 0. The van der Waals surface area contributed by atoms with E-state index in [0.717, 1.165) is 51.9 Å². The second-order valence-electron chi connectivity index (χ2n) is 6.50. The summed E-state index contributed by atoms with van der Waals surface area (Å²) in [6.45, 7) is 3.90. The summed E-state index contributed by atoms with van der Waals surface area (Å²) in [4.78, 5) is 17.1. The van der Waals surface area contributed by atoms with Crippen LogP contribution in [-0.4, -0.2) is 61.1 Å². The largest absolute Gasteiger partial charge is 0.381 e. The van der Waals surface area contributed by atoms with Gasteiger partial charge in [0.05, 0.1) is 6.10 Å². The van der Waals surface area contributed by atoms with Gasteiger partial charge in [-0.25, -0.2) is 0 Å². The molecule has 4 nitrogen and oxygen atoms in total. The van der Waals surface area contributed by atoms with Gasteiger partial charge in [-0.05, 0) is 43.9 Å². The summed E-state index contributed by atoms with van der Waals surface area (Å²) in [7, 11) is 1.81. The second-order valence-corrected chi connectivity index (χ2v) is 6.94. The zero-order valence-electron chi connectivity index (χ0n) is 13.7. The van der Waals surface area contributed by atoms with Gasteiger partial charge >= 0.3 is 0 Å². The Balaban J connectivity index is 1.51. The first kappa shape index (κ1) is 16.7. The molecular weight excluding hydrogens is 312 g/mol. The molecule has 0 aliphatic carbocycles. The number of hydrogen-bond acceptors (Lipinski definition) is 3. The summed E-state index contributed by atoms with van der Waals surface area (Å²) in [5, 5.41) is 0.617. The van der Waals surface area contributed by atoms with Crippen LogP contribution in [0, 0.1) is 0 Å². The van der Waals surface area contributed by atoms with Gasteiger partial charge in [-0.1, -0.05) is 17.7 Å². The standard InChI is InChI=1S/C18H25ClN2O2/c1-23-17-7-11-20(12-8-17)16-5-9-21(10-6-16)18(22)14-3-2-4-15(19)13-14/h2-4,13,16-17H,5-12H2,1H3. The van der Waals surface area contributed by atoms with Crippen molar-refractivity contribution in [3.05, 3.63) is 34.9 Å². The lowest BCUT2D eigenvalue weighted by atomic mass is 9.98. The highest BCUT2D eigenvalue weighted by Gasteiger charge is 2.29. The van der Waals surface area contributed by atoms with Gasteiger partial charge in [0.15, 0.2) is 0 Å². The molecular formula is C18H25ClN2O2. The van der Waals surface area contributed by atoms with Crippen LogP contribution >= 0.6 is 11.6 Å². The summed E-state index contributed by atoms with van der Waals surface area (Å²) in [5.74, 6) is 0.101. The van der Waals surface area contributed by atoms with Crippen molar-refractivity contribution in [1.82, 2.24) is 9.80 Å². The number of piperidine rings is 2. The monoisotopic (exact) mass is 336 g/mol. The molecule has 2 aliphatic heterocycles. The van der Waals surface area contributed by atoms with Crippen LogP contribution in [0.5, 0.6) is 0 Å². The highest BCUT2D eigenvalue weighted by Crippen LogP contribution is 2.23. The first-order valence-corrected chi connectivity index (χ1v) is 8.87. The molecule has 2 heterocycles. The quantitative estimate of drug-likeness (QED) is 0.850. The molecule has 5 heteroatoms. The van der Waals surface area contributed by atoms with Crippen molar-refractivity contribution < 1.29 is 9.53 Å². The van der Waals surface area contributed by atoms with Gasteiger partial charge in [0.1, 0.15) is 0 Å². The SMILES string of the molecule is COC1CCN(C2CCN(C(=O)c3cccc(Cl)c3)CC2)CC1. The third-order valence-corrected chi connectivity index (χ3v) is 5.38. The van der Waals surface area contributed by atoms with Crippen LogP contribution in [-0.2, 0) is 4.74 Å². The minimum Gasteiger partial charge on any atom is -0.381 e. The van der Waals surface area contributed by atoms with Crippen LogP contribution < -0.4 is 0 Å². The third-order valence-electron chi connectivity index (χ3n) is 5.15. The number of nitrogens with zero attached hydrogens (tertiary/aromatic N) is 2. The lowest BCUT2D eigenvalue weighted by Crippen LogP contribution is -2.49. The number of halogens is 1. The Hall–Kier alpha value is -1.10. The average Bonchev–Trinajstić information content (AvgIpc) is 2.61. The summed E-state index contributed by atoms with van der Waals surface area (Å²) in [6, 6.07) is 7.84. The van der Waals surface area contributed by atoms with E-state index >= 15 is 0 Å². The van der Waals surface area contributed by atoms with Crippen molar-refractivity contribution in [2.24, 2.45) is 0 Å². The molecule has 2 saturated heterocycles. The van der Waals surface area contributed by atoms with E-state index in [1.54, 1.807) is 19.2 Å². The first-order valence-electron chi connectivity index (χ1n) is 8.49. The molecule has 2 aliphatic rings. The first-order chi connectivity index (χ1) is 11.2. The fourth-order valence-corrected chi connectivity index (χ4v) is 3.91. The Morgan fingerprint density at radius 3 is 2.43 bits per heavy atom. The highest BCUT2D eigenvalue weighted by molar-refractivity contribution is 6.30. The fraction of sp³-hybridized carbons (Fsp3) is 0.611. The van der Waals surface area contributed by atoms with Crippen molar-refractivity contribution >= 4 is 17.5 Å². The maximum atomic E-state index is 12.6. The molecule has 1 aromatic rings. The van der Waals surface area contributed by atoms with Crippen LogP contribution in [0.25, 0.3) is 0 Å². The zero-order valence-corrected chi connectivity index (χ0v) is 14.5. The third kappa shape index (κ3) is 4.06. The smallest absolute Gasteiger partial charge is 0.253 e. The van der Waals surface area contributed by atoms with Gasteiger partial charge in [0.25, 0.3) is 5.91 Å². The van der Waals surface area contributed by atoms with Crippen LogP contribution in [0.2, 0.25) is 5.02 Å². The molecule has 1 aromatic carbocycles. The van der Waals surface area contributed by atoms with E-state index in [2.05, 4.69) is 4.90 Å². The van der Waals surface area contributed by atoms with Crippen LogP contribution in [0.15, 0.2) is 24.3 Å². The molecule has 23 heavy (non-hydrogen) atoms. The summed E-state index contributed by atoms with van der Waals surface area (Å²) < 4.78 is 5.44. The number of methoxy groups -OCH3 is 1. The Kier molecular flexibility index (Phi) is 5.57. The number of rotatable bonds is 3. The fourth-order valence-electron chi connectivity index (χ4n) is 3.71. The summed E-state index contributed by atoms with van der Waals surface area (Å²) in [5.41, 5.74) is 0.692. The Morgan fingerprint density at radius 1 is 1.13 bits per heavy atom. The minimum absolute atomic E-state index is 0.101. The molecule has 0 aromatic heterocycles. The van der Waals surface area contributed by atoms with E-state index in [1.165, 1.54) is 0 Å².